The number of aromatic amines is 1. The van der Waals surface area contributed by atoms with Gasteiger partial charge in [-0.1, -0.05) is 0 Å². The first-order valence-corrected chi connectivity index (χ1v) is 6.95. The molecule has 2 N–H and O–H groups in total. The zero-order valence-corrected chi connectivity index (χ0v) is 11.6. The summed E-state index contributed by atoms with van der Waals surface area (Å²) < 4.78 is 5.28. The Labute approximate surface area is 119 Å². The number of ether oxygens (including phenoxy) is 1. The zero-order valence-electron chi connectivity index (χ0n) is 10.8. The van der Waals surface area contributed by atoms with Crippen molar-refractivity contribution in [2.24, 2.45) is 0 Å². The fourth-order valence-corrected chi connectivity index (χ4v) is 2.69. The molecule has 20 heavy (non-hydrogen) atoms. The van der Waals surface area contributed by atoms with E-state index >= 15 is 0 Å². The monoisotopic (exact) mass is 287 g/mol. The van der Waals surface area contributed by atoms with Crippen LogP contribution in [0.25, 0.3) is 11.1 Å². The minimum Gasteiger partial charge on any atom is -0.480 e. The summed E-state index contributed by atoms with van der Waals surface area (Å²) >= 11 is 1.62. The third kappa shape index (κ3) is 2.48. The van der Waals surface area contributed by atoms with Gasteiger partial charge in [-0.05, 0) is 0 Å². The Kier molecular flexibility index (Phi) is 3.60. The fraction of sp³-hybridized carbons (Fsp3) is 0.154. The van der Waals surface area contributed by atoms with Gasteiger partial charge in [0, 0.05) is 28.7 Å². The number of nitrogens with one attached hydrogen (secondary N) is 2. The van der Waals surface area contributed by atoms with Gasteiger partial charge in [0.15, 0.2) is 0 Å². The number of H-pyrrole nitrogens is 1. The van der Waals surface area contributed by atoms with Crippen molar-refractivity contribution < 1.29 is 4.74 Å². The molecule has 0 amide bonds. The van der Waals surface area contributed by atoms with E-state index in [1.54, 1.807) is 31.0 Å². The summed E-state index contributed by atoms with van der Waals surface area (Å²) in [5, 5.41) is 7.46. The van der Waals surface area contributed by atoms with Crippen LogP contribution >= 0.6 is 11.3 Å². The zero-order chi connectivity index (χ0) is 13.8. The van der Waals surface area contributed by atoms with E-state index in [9.17, 15) is 0 Å². The molecule has 3 heterocycles. The molecule has 3 rings (SSSR count). The molecule has 0 aromatic carbocycles. The predicted molar refractivity (Wildman–Crippen MR) is 77.8 cm³/mol. The second-order valence-corrected chi connectivity index (χ2v) is 4.80. The minimum absolute atomic E-state index is 0.571. The molecule has 6 nitrogen and oxygen atoms in total. The summed E-state index contributed by atoms with van der Waals surface area (Å²) in [7, 11) is 1.61. The van der Waals surface area contributed by atoms with E-state index < -0.39 is 0 Å². The van der Waals surface area contributed by atoms with E-state index in [0.29, 0.717) is 12.4 Å². The third-order valence-corrected chi connectivity index (χ3v) is 3.58. The summed E-state index contributed by atoms with van der Waals surface area (Å²) in [4.78, 5) is 15.3. The molecule has 0 saturated carbocycles. The van der Waals surface area contributed by atoms with Gasteiger partial charge in [-0.25, -0.2) is 15.0 Å². The van der Waals surface area contributed by atoms with Crippen molar-refractivity contribution in [1.82, 2.24) is 19.9 Å². The fourth-order valence-electron chi connectivity index (χ4n) is 1.88. The number of nitrogens with zero attached hydrogens (tertiary/aromatic N) is 3. The number of hydrogen-bond acceptors (Lipinski definition) is 6. The van der Waals surface area contributed by atoms with Crippen molar-refractivity contribution in [1.29, 1.82) is 0 Å². The number of aromatic nitrogens is 4. The molecule has 0 aliphatic carbocycles. The highest BCUT2D eigenvalue weighted by Crippen LogP contribution is 2.35. The lowest BCUT2D eigenvalue weighted by Crippen LogP contribution is -2.00. The molecule has 0 bridgehead atoms. The average Bonchev–Trinajstić information content (AvgIpc) is 3.16. The van der Waals surface area contributed by atoms with Crippen molar-refractivity contribution in [3.63, 3.8) is 0 Å². The van der Waals surface area contributed by atoms with Gasteiger partial charge >= 0.3 is 0 Å². The molecule has 0 fully saturated rings. The Hall–Kier alpha value is -2.41. The molecule has 102 valence electrons. The second-order valence-electron chi connectivity index (χ2n) is 4.06. The first-order valence-electron chi connectivity index (χ1n) is 6.00. The van der Waals surface area contributed by atoms with Crippen LogP contribution in [0, 0.1) is 0 Å². The van der Waals surface area contributed by atoms with E-state index in [4.69, 9.17) is 4.74 Å². The lowest BCUT2D eigenvalue weighted by atomic mass is 10.1. The quantitative estimate of drug-likeness (QED) is 0.754. The van der Waals surface area contributed by atoms with Crippen LogP contribution in [0.15, 0.2) is 35.8 Å². The van der Waals surface area contributed by atoms with Crippen LogP contribution in [0.2, 0.25) is 0 Å². The summed E-state index contributed by atoms with van der Waals surface area (Å²) in [6, 6.07) is 0. The van der Waals surface area contributed by atoms with Gasteiger partial charge in [0.05, 0.1) is 36.9 Å². The van der Waals surface area contributed by atoms with Crippen LogP contribution < -0.4 is 10.1 Å². The first-order chi connectivity index (χ1) is 9.88. The highest BCUT2D eigenvalue weighted by Gasteiger charge is 2.12. The predicted octanol–water partition coefficient (Wildman–Crippen LogP) is 2.55. The van der Waals surface area contributed by atoms with Crippen molar-refractivity contribution in [3.05, 3.63) is 41.5 Å². The third-order valence-electron chi connectivity index (χ3n) is 2.84. The SMILES string of the molecule is COc1ncncc1-c1cscc1NCc1c[nH]cn1. The standard InChI is InChI=1S/C13H13N5OS/c1-19-13-10(4-15-8-18-13)11-5-20-6-12(11)16-3-9-2-14-7-17-9/h2,4-8,16H,3H2,1H3,(H,14,17). The van der Waals surface area contributed by atoms with Crippen molar-refractivity contribution in [3.8, 4) is 17.0 Å². The van der Waals surface area contributed by atoms with Crippen molar-refractivity contribution in [2.75, 3.05) is 12.4 Å². The molecule has 0 saturated heterocycles. The summed E-state index contributed by atoms with van der Waals surface area (Å²) in [6.45, 7) is 0.656. The van der Waals surface area contributed by atoms with Crippen molar-refractivity contribution in [2.45, 2.75) is 6.54 Å². The van der Waals surface area contributed by atoms with Crippen LogP contribution in [0.5, 0.6) is 5.88 Å². The summed E-state index contributed by atoms with van der Waals surface area (Å²) in [5.41, 5.74) is 3.88. The highest BCUT2D eigenvalue weighted by molar-refractivity contribution is 7.08. The maximum atomic E-state index is 5.28. The van der Waals surface area contributed by atoms with Gasteiger partial charge in [-0.2, -0.15) is 0 Å². The van der Waals surface area contributed by atoms with Crippen LogP contribution in [0.1, 0.15) is 5.69 Å². The Balaban J connectivity index is 1.86. The smallest absolute Gasteiger partial charge is 0.224 e. The molecule has 0 radical (unpaired) electrons. The molecule has 0 unspecified atom stereocenters. The van der Waals surface area contributed by atoms with Crippen LogP contribution in [-0.4, -0.2) is 27.0 Å². The largest absolute Gasteiger partial charge is 0.480 e. The Morgan fingerprint density at radius 1 is 1.30 bits per heavy atom. The van der Waals surface area contributed by atoms with E-state index in [-0.39, 0.29) is 0 Å². The second kappa shape index (κ2) is 5.70. The number of rotatable bonds is 5. The first kappa shape index (κ1) is 12.6. The van der Waals surface area contributed by atoms with E-state index in [2.05, 4.69) is 30.6 Å². The molecular weight excluding hydrogens is 274 g/mol. The van der Waals surface area contributed by atoms with E-state index in [0.717, 1.165) is 22.5 Å². The van der Waals surface area contributed by atoms with E-state index in [1.807, 2.05) is 11.6 Å². The Bertz CT molecular complexity index is 680. The maximum absolute atomic E-state index is 5.28. The van der Waals surface area contributed by atoms with Gasteiger partial charge in [0.25, 0.3) is 0 Å². The minimum atomic E-state index is 0.571. The van der Waals surface area contributed by atoms with Crippen LogP contribution in [-0.2, 0) is 6.54 Å². The number of imidazole rings is 1. The molecule has 7 heteroatoms. The van der Waals surface area contributed by atoms with Gasteiger partial charge in [-0.15, -0.1) is 11.3 Å². The topological polar surface area (TPSA) is 75.7 Å². The molecule has 3 aromatic rings. The lowest BCUT2D eigenvalue weighted by molar-refractivity contribution is 0.398. The normalized spacial score (nSPS) is 10.4. The summed E-state index contributed by atoms with van der Waals surface area (Å²) in [6.07, 6.45) is 6.77. The van der Waals surface area contributed by atoms with Crippen LogP contribution in [0.4, 0.5) is 5.69 Å². The summed E-state index contributed by atoms with van der Waals surface area (Å²) in [5.74, 6) is 0.571. The number of methoxy groups -OCH3 is 1. The van der Waals surface area contributed by atoms with Crippen molar-refractivity contribution >= 4 is 17.0 Å². The van der Waals surface area contributed by atoms with Crippen LogP contribution in [0.3, 0.4) is 0 Å². The highest BCUT2D eigenvalue weighted by atomic mass is 32.1. The molecule has 0 aliphatic rings. The molecule has 0 atom stereocenters. The molecule has 0 aliphatic heterocycles. The average molecular weight is 287 g/mol. The maximum Gasteiger partial charge on any atom is 0.224 e. The van der Waals surface area contributed by atoms with Gasteiger partial charge in [-0.3, -0.25) is 0 Å². The Morgan fingerprint density at radius 2 is 2.25 bits per heavy atom. The molecule has 0 spiro atoms. The molecular formula is C13H13N5OS. The lowest BCUT2D eigenvalue weighted by Gasteiger charge is -2.09. The van der Waals surface area contributed by atoms with Gasteiger partial charge < -0.3 is 15.0 Å². The number of thiophene rings is 1. The molecule has 3 aromatic heterocycles. The van der Waals surface area contributed by atoms with E-state index in [1.165, 1.54) is 6.33 Å². The Morgan fingerprint density at radius 3 is 3.05 bits per heavy atom. The number of anilines is 1. The number of hydrogen-bond donors (Lipinski definition) is 2. The van der Waals surface area contributed by atoms with Gasteiger partial charge in [0.2, 0.25) is 5.88 Å². The van der Waals surface area contributed by atoms with Gasteiger partial charge in [0.1, 0.15) is 6.33 Å².